The van der Waals surface area contributed by atoms with Crippen molar-refractivity contribution < 1.29 is 9.53 Å². The fraction of sp³-hybridized carbons (Fsp3) is 0.500. The van der Waals surface area contributed by atoms with Crippen molar-refractivity contribution in [3.8, 4) is 5.75 Å². The van der Waals surface area contributed by atoms with Crippen molar-refractivity contribution >= 4 is 5.78 Å². The van der Waals surface area contributed by atoms with Crippen molar-refractivity contribution in [1.82, 2.24) is 0 Å². The lowest BCUT2D eigenvalue weighted by atomic mass is 9.88. The molecule has 0 fully saturated rings. The third kappa shape index (κ3) is 2.65. The highest BCUT2D eigenvalue weighted by Crippen LogP contribution is 2.39. The first-order valence-electron chi connectivity index (χ1n) is 7.36. The zero-order chi connectivity index (χ0) is 15.0. The number of ketones is 1. The molecule has 1 aliphatic rings. The smallest absolute Gasteiger partial charge is 0.159 e. The highest BCUT2D eigenvalue weighted by Gasteiger charge is 2.24. The maximum absolute atomic E-state index is 11.7. The van der Waals surface area contributed by atoms with Crippen molar-refractivity contribution in [2.45, 2.75) is 59.8 Å². The molecule has 0 saturated carbocycles. The van der Waals surface area contributed by atoms with Crippen molar-refractivity contribution in [3.05, 3.63) is 40.2 Å². The third-order valence-electron chi connectivity index (χ3n) is 3.98. The lowest BCUT2D eigenvalue weighted by Gasteiger charge is -2.26. The van der Waals surface area contributed by atoms with Gasteiger partial charge in [0.05, 0.1) is 0 Å². The molecule has 1 heterocycles. The van der Waals surface area contributed by atoms with Crippen LogP contribution in [0, 0.1) is 0 Å². The molecule has 0 bridgehead atoms. The Balaban J connectivity index is 2.57. The number of Topliss-reactive ketones (excluding diaryl/α,β-unsaturated/α-hetero) is 1. The molecule has 0 unspecified atom stereocenters. The SMILES string of the molecule is CC(=O)C1=C(C)Oc2c(cc(C(C)C)cc2C(C)C)C1. The number of rotatable bonds is 3. The van der Waals surface area contributed by atoms with Gasteiger partial charge in [0.1, 0.15) is 11.5 Å². The van der Waals surface area contributed by atoms with Crippen LogP contribution >= 0.6 is 0 Å². The summed E-state index contributed by atoms with van der Waals surface area (Å²) in [5, 5.41) is 0. The Labute approximate surface area is 121 Å². The number of fused-ring (bicyclic) bond motifs is 1. The number of carbonyl (C=O) groups excluding carboxylic acids is 1. The second-order valence-corrected chi connectivity index (χ2v) is 6.28. The summed E-state index contributed by atoms with van der Waals surface area (Å²) in [7, 11) is 0. The Bertz CT molecular complexity index is 577. The maximum Gasteiger partial charge on any atom is 0.159 e. The zero-order valence-corrected chi connectivity index (χ0v) is 13.3. The molecule has 0 aromatic heterocycles. The number of hydrogen-bond donors (Lipinski definition) is 0. The van der Waals surface area contributed by atoms with Crippen LogP contribution in [0.5, 0.6) is 5.75 Å². The lowest BCUT2D eigenvalue weighted by Crippen LogP contribution is -2.15. The molecule has 0 atom stereocenters. The number of hydrogen-bond acceptors (Lipinski definition) is 2. The average molecular weight is 272 g/mol. The molecule has 0 amide bonds. The van der Waals surface area contributed by atoms with Crippen LogP contribution in [0.2, 0.25) is 0 Å². The van der Waals surface area contributed by atoms with Gasteiger partial charge in [0.15, 0.2) is 5.78 Å². The van der Waals surface area contributed by atoms with Gasteiger partial charge in [-0.2, -0.15) is 0 Å². The van der Waals surface area contributed by atoms with Crippen LogP contribution in [0.3, 0.4) is 0 Å². The van der Waals surface area contributed by atoms with E-state index in [4.69, 9.17) is 4.74 Å². The first-order chi connectivity index (χ1) is 9.31. The van der Waals surface area contributed by atoms with E-state index in [-0.39, 0.29) is 5.78 Å². The fourth-order valence-electron chi connectivity index (χ4n) is 2.66. The summed E-state index contributed by atoms with van der Waals surface area (Å²) in [6.07, 6.45) is 0.691. The number of ether oxygens (including phenoxy) is 1. The van der Waals surface area contributed by atoms with Crippen LogP contribution < -0.4 is 4.74 Å². The molecule has 0 N–H and O–H groups in total. The van der Waals surface area contributed by atoms with Gasteiger partial charge >= 0.3 is 0 Å². The van der Waals surface area contributed by atoms with Gasteiger partial charge in [-0.25, -0.2) is 0 Å². The van der Waals surface area contributed by atoms with E-state index in [9.17, 15) is 4.79 Å². The van der Waals surface area contributed by atoms with Crippen LogP contribution in [0.25, 0.3) is 0 Å². The molecular formula is C18H24O2. The Hall–Kier alpha value is -1.57. The highest BCUT2D eigenvalue weighted by atomic mass is 16.5. The molecule has 0 saturated heterocycles. The molecule has 1 aromatic carbocycles. The van der Waals surface area contributed by atoms with Crippen LogP contribution in [-0.4, -0.2) is 5.78 Å². The van der Waals surface area contributed by atoms with Gasteiger partial charge in [0.25, 0.3) is 0 Å². The van der Waals surface area contributed by atoms with E-state index in [1.54, 1.807) is 6.92 Å². The van der Waals surface area contributed by atoms with Gasteiger partial charge in [-0.05, 0) is 42.4 Å². The normalized spacial score (nSPS) is 14.6. The van der Waals surface area contributed by atoms with Gasteiger partial charge in [-0.3, -0.25) is 4.79 Å². The summed E-state index contributed by atoms with van der Waals surface area (Å²) in [6, 6.07) is 4.45. The molecular weight excluding hydrogens is 248 g/mol. The molecule has 0 aliphatic carbocycles. The Morgan fingerprint density at radius 3 is 2.30 bits per heavy atom. The van der Waals surface area contributed by atoms with E-state index in [0.717, 1.165) is 22.6 Å². The average Bonchev–Trinajstić information content (AvgIpc) is 2.36. The first kappa shape index (κ1) is 14.8. The van der Waals surface area contributed by atoms with Crippen LogP contribution in [0.1, 0.15) is 70.1 Å². The monoisotopic (exact) mass is 272 g/mol. The minimum Gasteiger partial charge on any atom is -0.461 e. The molecule has 1 aliphatic heterocycles. The summed E-state index contributed by atoms with van der Waals surface area (Å²) in [6.45, 7) is 12.3. The standard InChI is InChI=1S/C18H24O2/c1-10(2)14-7-15-9-17(12(5)19)13(6)20-18(15)16(8-14)11(3)4/h7-8,10-11H,9H2,1-6H3. The highest BCUT2D eigenvalue weighted by molar-refractivity contribution is 5.94. The second kappa shape index (κ2) is 5.43. The Morgan fingerprint density at radius 1 is 1.15 bits per heavy atom. The van der Waals surface area contributed by atoms with Crippen LogP contribution in [0.15, 0.2) is 23.5 Å². The van der Waals surface area contributed by atoms with E-state index >= 15 is 0 Å². The van der Waals surface area contributed by atoms with Gasteiger partial charge in [-0.15, -0.1) is 0 Å². The molecule has 0 spiro atoms. The minimum atomic E-state index is 0.106. The largest absolute Gasteiger partial charge is 0.461 e. The fourth-order valence-corrected chi connectivity index (χ4v) is 2.66. The van der Waals surface area contributed by atoms with Crippen LogP contribution in [0.4, 0.5) is 0 Å². The molecule has 2 rings (SSSR count). The molecule has 0 radical (unpaired) electrons. The van der Waals surface area contributed by atoms with Gasteiger partial charge in [0, 0.05) is 12.0 Å². The number of benzene rings is 1. The van der Waals surface area contributed by atoms with Crippen molar-refractivity contribution in [3.63, 3.8) is 0 Å². The quantitative estimate of drug-likeness (QED) is 0.795. The lowest BCUT2D eigenvalue weighted by molar-refractivity contribution is -0.113. The van der Waals surface area contributed by atoms with Crippen molar-refractivity contribution in [2.24, 2.45) is 0 Å². The van der Waals surface area contributed by atoms with Crippen molar-refractivity contribution in [1.29, 1.82) is 0 Å². The number of carbonyl (C=O) groups is 1. The molecule has 20 heavy (non-hydrogen) atoms. The minimum absolute atomic E-state index is 0.106. The van der Waals surface area contributed by atoms with Gasteiger partial charge < -0.3 is 4.74 Å². The van der Waals surface area contributed by atoms with E-state index < -0.39 is 0 Å². The molecule has 108 valence electrons. The first-order valence-corrected chi connectivity index (χ1v) is 7.36. The second-order valence-electron chi connectivity index (χ2n) is 6.28. The van der Waals surface area contributed by atoms with Crippen LogP contribution in [-0.2, 0) is 11.2 Å². The molecule has 1 aromatic rings. The Morgan fingerprint density at radius 2 is 1.80 bits per heavy atom. The summed E-state index contributed by atoms with van der Waals surface area (Å²) < 4.78 is 5.99. The van der Waals surface area contributed by atoms with E-state index in [2.05, 4.69) is 39.8 Å². The predicted molar refractivity (Wildman–Crippen MR) is 82.3 cm³/mol. The molecule has 2 heteroatoms. The topological polar surface area (TPSA) is 26.3 Å². The van der Waals surface area contributed by atoms with Gasteiger partial charge in [-0.1, -0.05) is 39.8 Å². The zero-order valence-electron chi connectivity index (χ0n) is 13.3. The summed E-state index contributed by atoms with van der Waals surface area (Å²) in [5.74, 6) is 2.71. The summed E-state index contributed by atoms with van der Waals surface area (Å²) in [4.78, 5) is 11.7. The summed E-state index contributed by atoms with van der Waals surface area (Å²) in [5.41, 5.74) is 4.51. The Kier molecular flexibility index (Phi) is 4.03. The van der Waals surface area contributed by atoms with Gasteiger partial charge in [0.2, 0.25) is 0 Å². The van der Waals surface area contributed by atoms with E-state index in [0.29, 0.717) is 18.3 Å². The van der Waals surface area contributed by atoms with Crippen molar-refractivity contribution in [2.75, 3.05) is 0 Å². The van der Waals surface area contributed by atoms with E-state index in [1.807, 2.05) is 6.92 Å². The van der Waals surface area contributed by atoms with E-state index in [1.165, 1.54) is 11.1 Å². The third-order valence-corrected chi connectivity index (χ3v) is 3.98. The molecule has 2 nitrogen and oxygen atoms in total. The predicted octanol–water partition coefficient (Wildman–Crippen LogP) is 4.73. The summed E-state index contributed by atoms with van der Waals surface area (Å²) >= 11 is 0. The number of allylic oxidation sites excluding steroid dienone is 2. The maximum atomic E-state index is 11.7.